The summed E-state index contributed by atoms with van der Waals surface area (Å²) in [6.07, 6.45) is 2.32. The van der Waals surface area contributed by atoms with Crippen LogP contribution in [0.4, 0.5) is 0 Å². The summed E-state index contributed by atoms with van der Waals surface area (Å²) in [5.41, 5.74) is 6.87. The van der Waals surface area contributed by atoms with Crippen LogP contribution in [0, 0.1) is 5.92 Å². The lowest BCUT2D eigenvalue weighted by molar-refractivity contribution is -0.126. The Morgan fingerprint density at radius 1 is 1.48 bits per heavy atom. The molecule has 2 rings (SSSR count). The van der Waals surface area contributed by atoms with Gasteiger partial charge >= 0.3 is 0 Å². The Balaban J connectivity index is 1.96. The summed E-state index contributed by atoms with van der Waals surface area (Å²) in [4.78, 5) is 12.3. The molecule has 3 N–H and O–H groups in total. The Morgan fingerprint density at radius 3 is 2.86 bits per heavy atom. The molecule has 1 atom stereocenters. The number of halogens is 1. The predicted molar refractivity (Wildman–Crippen MR) is 84.7 cm³/mol. The summed E-state index contributed by atoms with van der Waals surface area (Å²) < 4.78 is 5.65. The van der Waals surface area contributed by atoms with Crippen LogP contribution in [-0.4, -0.2) is 24.6 Å². The van der Waals surface area contributed by atoms with Gasteiger partial charge in [-0.05, 0) is 43.0 Å². The number of carbonyl (C=O) groups is 1. The molecule has 0 aromatic heterocycles. The van der Waals surface area contributed by atoms with E-state index in [9.17, 15) is 4.79 Å². The third-order valence-corrected chi connectivity index (χ3v) is 4.56. The van der Waals surface area contributed by atoms with E-state index in [1.807, 2.05) is 26.0 Å². The molecule has 5 heteroatoms. The zero-order chi connectivity index (χ0) is 15.5. The summed E-state index contributed by atoms with van der Waals surface area (Å²) in [5, 5.41) is 3.63. The van der Waals surface area contributed by atoms with E-state index >= 15 is 0 Å². The summed E-state index contributed by atoms with van der Waals surface area (Å²) in [6, 6.07) is 5.51. The van der Waals surface area contributed by atoms with Crippen molar-refractivity contribution in [3.8, 4) is 5.75 Å². The van der Waals surface area contributed by atoms with Crippen molar-refractivity contribution >= 4 is 17.5 Å². The summed E-state index contributed by atoms with van der Waals surface area (Å²) >= 11 is 5.99. The smallest absolute Gasteiger partial charge is 0.226 e. The van der Waals surface area contributed by atoms with Crippen molar-refractivity contribution in [1.29, 1.82) is 0 Å². The molecule has 1 aliphatic rings. The molecule has 0 spiro atoms. The van der Waals surface area contributed by atoms with Crippen molar-refractivity contribution in [1.82, 2.24) is 5.32 Å². The maximum absolute atomic E-state index is 12.3. The van der Waals surface area contributed by atoms with Gasteiger partial charge in [-0.3, -0.25) is 4.79 Å². The molecule has 1 unspecified atom stereocenters. The summed E-state index contributed by atoms with van der Waals surface area (Å²) in [5.74, 6) is 0.630. The molecule has 1 aromatic rings. The Bertz CT molecular complexity index is 515. The number of nitrogens with two attached hydrogens (primary N) is 1. The topological polar surface area (TPSA) is 64.3 Å². The van der Waals surface area contributed by atoms with Gasteiger partial charge in [-0.25, -0.2) is 0 Å². The number of amides is 1. The van der Waals surface area contributed by atoms with E-state index in [4.69, 9.17) is 22.1 Å². The summed E-state index contributed by atoms with van der Waals surface area (Å²) in [7, 11) is 0. The fourth-order valence-corrected chi connectivity index (χ4v) is 2.63. The molecule has 0 saturated heterocycles. The second-order valence-electron chi connectivity index (χ2n) is 5.75. The zero-order valence-electron chi connectivity index (χ0n) is 12.6. The number of hydrogen-bond acceptors (Lipinski definition) is 3. The third kappa shape index (κ3) is 3.89. The van der Waals surface area contributed by atoms with E-state index in [0.29, 0.717) is 24.6 Å². The largest absolute Gasteiger partial charge is 0.492 e. The van der Waals surface area contributed by atoms with Gasteiger partial charge in [-0.2, -0.15) is 0 Å². The van der Waals surface area contributed by atoms with Crippen LogP contribution in [0.1, 0.15) is 32.3 Å². The highest BCUT2D eigenvalue weighted by molar-refractivity contribution is 6.30. The van der Waals surface area contributed by atoms with Gasteiger partial charge in [0.15, 0.2) is 0 Å². The highest BCUT2D eigenvalue weighted by Crippen LogP contribution is 2.29. The Labute approximate surface area is 131 Å². The van der Waals surface area contributed by atoms with Crippen LogP contribution in [0.25, 0.3) is 0 Å². The third-order valence-electron chi connectivity index (χ3n) is 4.32. The quantitative estimate of drug-likeness (QED) is 0.878. The van der Waals surface area contributed by atoms with Crippen LogP contribution >= 0.6 is 11.6 Å². The van der Waals surface area contributed by atoms with Crippen LogP contribution in [-0.2, 0) is 11.2 Å². The van der Waals surface area contributed by atoms with Crippen LogP contribution < -0.4 is 15.8 Å². The van der Waals surface area contributed by atoms with Crippen LogP contribution in [0.5, 0.6) is 5.75 Å². The van der Waals surface area contributed by atoms with Crippen molar-refractivity contribution in [3.05, 3.63) is 28.8 Å². The molecule has 4 nitrogen and oxygen atoms in total. The maximum atomic E-state index is 12.3. The molecular weight excluding hydrogens is 288 g/mol. The lowest BCUT2D eigenvalue weighted by Crippen LogP contribution is -2.51. The number of carbonyl (C=O) groups excluding carboxylic acids is 1. The number of nitrogens with one attached hydrogen (secondary N) is 1. The van der Waals surface area contributed by atoms with Gasteiger partial charge in [-0.1, -0.05) is 25.4 Å². The number of rotatable bonds is 5. The minimum atomic E-state index is -0.327. The average molecular weight is 311 g/mol. The first-order valence-corrected chi connectivity index (χ1v) is 7.83. The molecule has 0 radical (unpaired) electrons. The number of fused-ring (bicyclic) bond motifs is 1. The maximum Gasteiger partial charge on any atom is 0.226 e. The second kappa shape index (κ2) is 6.67. The van der Waals surface area contributed by atoms with Crippen molar-refractivity contribution in [2.45, 2.75) is 38.6 Å². The Kier molecular flexibility index (Phi) is 5.12. The van der Waals surface area contributed by atoms with Gasteiger partial charge in [0, 0.05) is 17.1 Å². The zero-order valence-corrected chi connectivity index (χ0v) is 13.4. The van der Waals surface area contributed by atoms with Crippen LogP contribution in [0.15, 0.2) is 18.2 Å². The van der Waals surface area contributed by atoms with Gasteiger partial charge < -0.3 is 15.8 Å². The van der Waals surface area contributed by atoms with Crippen molar-refractivity contribution < 1.29 is 9.53 Å². The molecule has 21 heavy (non-hydrogen) atoms. The fourth-order valence-electron chi connectivity index (χ4n) is 2.44. The molecule has 1 heterocycles. The lowest BCUT2D eigenvalue weighted by Gasteiger charge is -2.29. The predicted octanol–water partition coefficient (Wildman–Crippen LogP) is 2.52. The van der Waals surface area contributed by atoms with Crippen molar-refractivity contribution in [2.75, 3.05) is 13.2 Å². The minimum absolute atomic E-state index is 0.00245. The Hall–Kier alpha value is -1.26. The van der Waals surface area contributed by atoms with E-state index in [-0.39, 0.29) is 17.4 Å². The SMILES string of the molecule is CCC(N)(CC)CNC(=O)C1COc2ccc(Cl)cc2C1. The van der Waals surface area contributed by atoms with E-state index in [1.54, 1.807) is 6.07 Å². The number of ether oxygens (including phenoxy) is 1. The molecule has 1 aliphatic heterocycles. The van der Waals surface area contributed by atoms with E-state index in [2.05, 4.69) is 5.32 Å². The van der Waals surface area contributed by atoms with Crippen LogP contribution in [0.3, 0.4) is 0 Å². The van der Waals surface area contributed by atoms with E-state index < -0.39 is 0 Å². The minimum Gasteiger partial charge on any atom is -0.492 e. The van der Waals surface area contributed by atoms with E-state index in [0.717, 1.165) is 24.2 Å². The first kappa shape index (κ1) is 16.1. The van der Waals surface area contributed by atoms with Crippen molar-refractivity contribution in [3.63, 3.8) is 0 Å². The first-order valence-electron chi connectivity index (χ1n) is 7.45. The first-order chi connectivity index (χ1) is 9.97. The molecule has 1 amide bonds. The fraction of sp³-hybridized carbons (Fsp3) is 0.562. The van der Waals surface area contributed by atoms with E-state index in [1.165, 1.54) is 0 Å². The molecule has 0 saturated carbocycles. The molecule has 0 fully saturated rings. The highest BCUT2D eigenvalue weighted by Gasteiger charge is 2.28. The highest BCUT2D eigenvalue weighted by atomic mass is 35.5. The average Bonchev–Trinajstić information content (AvgIpc) is 2.51. The second-order valence-corrected chi connectivity index (χ2v) is 6.19. The molecular formula is C16H23ClN2O2. The number of benzene rings is 1. The monoisotopic (exact) mass is 310 g/mol. The van der Waals surface area contributed by atoms with Gasteiger partial charge in [0.25, 0.3) is 0 Å². The number of hydrogen-bond donors (Lipinski definition) is 2. The molecule has 116 valence electrons. The molecule has 1 aromatic carbocycles. The van der Waals surface area contributed by atoms with Gasteiger partial charge in [0.1, 0.15) is 12.4 Å². The van der Waals surface area contributed by atoms with Crippen molar-refractivity contribution in [2.24, 2.45) is 11.7 Å². The van der Waals surface area contributed by atoms with Crippen LogP contribution in [0.2, 0.25) is 5.02 Å². The standard InChI is InChI=1S/C16H23ClN2O2/c1-3-16(18,4-2)10-19-15(20)12-7-11-8-13(17)5-6-14(11)21-9-12/h5-6,8,12H,3-4,7,9-10,18H2,1-2H3,(H,19,20). The lowest BCUT2D eigenvalue weighted by atomic mass is 9.92. The van der Waals surface area contributed by atoms with Gasteiger partial charge in [-0.15, -0.1) is 0 Å². The molecule has 0 bridgehead atoms. The Morgan fingerprint density at radius 2 is 2.19 bits per heavy atom. The molecule has 0 aliphatic carbocycles. The van der Waals surface area contributed by atoms with Gasteiger partial charge in [0.2, 0.25) is 5.91 Å². The summed E-state index contributed by atoms with van der Waals surface area (Å²) in [6.45, 7) is 4.98. The van der Waals surface area contributed by atoms with Gasteiger partial charge in [0.05, 0.1) is 5.92 Å². The normalized spacial score (nSPS) is 17.8.